The summed E-state index contributed by atoms with van der Waals surface area (Å²) < 4.78 is 0. The number of nitrogens with zero attached hydrogens (tertiary/aromatic N) is 1. The average Bonchev–Trinajstić information content (AvgIpc) is 2.40. The molecule has 0 spiro atoms. The van der Waals surface area contributed by atoms with E-state index in [0.29, 0.717) is 0 Å². The number of thioether (sulfide) groups is 2. The van der Waals surface area contributed by atoms with Gasteiger partial charge >= 0.3 is 0 Å². The van der Waals surface area contributed by atoms with Gasteiger partial charge in [0.1, 0.15) is 0 Å². The minimum atomic E-state index is 0.788. The zero-order chi connectivity index (χ0) is 11.9. The van der Waals surface area contributed by atoms with Gasteiger partial charge in [0, 0.05) is 35.1 Å². The Labute approximate surface area is 115 Å². The summed E-state index contributed by atoms with van der Waals surface area (Å²) in [4.78, 5) is 2.61. The lowest BCUT2D eigenvalue weighted by Crippen LogP contribution is -2.44. The van der Waals surface area contributed by atoms with E-state index in [1.807, 2.05) is 0 Å². The average molecular weight is 274 g/mol. The Bertz CT molecular complexity index is 200. The summed E-state index contributed by atoms with van der Waals surface area (Å²) in [6.07, 6.45) is 4.00. The lowest BCUT2D eigenvalue weighted by Gasteiger charge is -2.33. The van der Waals surface area contributed by atoms with Crippen LogP contribution in [0.3, 0.4) is 0 Å². The smallest absolute Gasteiger partial charge is 0.0263 e. The lowest BCUT2D eigenvalue weighted by atomic mass is 10.0. The summed E-state index contributed by atoms with van der Waals surface area (Å²) in [5.41, 5.74) is 0. The molecule has 2 fully saturated rings. The number of hydrogen-bond acceptors (Lipinski definition) is 4. The molecule has 1 unspecified atom stereocenters. The standard InChI is InChI=1S/C13H26N2S2/c1-2-5-15-6-3-12(4-7-15)14-10-13-11-16-8-9-17-13/h12-14H,2-11H2,1H3. The predicted molar refractivity (Wildman–Crippen MR) is 81.3 cm³/mol. The molecule has 100 valence electrons. The highest BCUT2D eigenvalue weighted by Gasteiger charge is 2.20. The molecule has 0 bridgehead atoms. The van der Waals surface area contributed by atoms with Gasteiger partial charge in [-0.05, 0) is 38.9 Å². The molecule has 1 atom stereocenters. The topological polar surface area (TPSA) is 15.3 Å². The molecule has 0 aromatic rings. The van der Waals surface area contributed by atoms with Crippen molar-refractivity contribution in [3.8, 4) is 0 Å². The number of likely N-dealkylation sites (tertiary alicyclic amines) is 1. The van der Waals surface area contributed by atoms with Gasteiger partial charge in [-0.25, -0.2) is 0 Å². The fourth-order valence-corrected chi connectivity index (χ4v) is 5.25. The Morgan fingerprint density at radius 3 is 2.71 bits per heavy atom. The van der Waals surface area contributed by atoms with Crippen molar-refractivity contribution >= 4 is 23.5 Å². The van der Waals surface area contributed by atoms with Crippen LogP contribution in [0, 0.1) is 0 Å². The second-order valence-electron chi connectivity index (χ2n) is 5.09. The Hall–Kier alpha value is 0.620. The molecule has 0 amide bonds. The van der Waals surface area contributed by atoms with E-state index in [1.165, 1.54) is 62.7 Å². The SMILES string of the molecule is CCCN1CCC(NCC2CSCCS2)CC1. The van der Waals surface area contributed by atoms with Crippen LogP contribution in [0.1, 0.15) is 26.2 Å². The van der Waals surface area contributed by atoms with Gasteiger partial charge in [-0.15, -0.1) is 0 Å². The molecular formula is C13H26N2S2. The predicted octanol–water partition coefficient (Wildman–Crippen LogP) is 2.30. The molecule has 2 rings (SSSR count). The summed E-state index contributed by atoms with van der Waals surface area (Å²) in [6.45, 7) is 7.41. The maximum atomic E-state index is 3.79. The molecule has 0 aromatic heterocycles. The molecule has 2 aliphatic heterocycles. The van der Waals surface area contributed by atoms with Crippen LogP contribution in [-0.2, 0) is 0 Å². The minimum absolute atomic E-state index is 0.788. The maximum absolute atomic E-state index is 3.79. The van der Waals surface area contributed by atoms with Crippen molar-refractivity contribution in [1.29, 1.82) is 0 Å². The lowest BCUT2D eigenvalue weighted by molar-refractivity contribution is 0.198. The fourth-order valence-electron chi connectivity index (χ4n) is 2.63. The normalized spacial score (nSPS) is 28.4. The molecule has 17 heavy (non-hydrogen) atoms. The number of rotatable bonds is 5. The quantitative estimate of drug-likeness (QED) is 0.827. The highest BCUT2D eigenvalue weighted by Crippen LogP contribution is 2.23. The van der Waals surface area contributed by atoms with E-state index in [-0.39, 0.29) is 0 Å². The first kappa shape index (κ1) is 14.0. The molecule has 2 aliphatic rings. The van der Waals surface area contributed by atoms with Crippen LogP contribution in [0.5, 0.6) is 0 Å². The van der Waals surface area contributed by atoms with Gasteiger partial charge in [-0.2, -0.15) is 23.5 Å². The Kier molecular flexibility index (Phi) is 6.54. The molecule has 0 radical (unpaired) electrons. The monoisotopic (exact) mass is 274 g/mol. The van der Waals surface area contributed by atoms with Crippen LogP contribution in [0.2, 0.25) is 0 Å². The van der Waals surface area contributed by atoms with Crippen LogP contribution in [0.4, 0.5) is 0 Å². The highest BCUT2D eigenvalue weighted by atomic mass is 32.2. The molecule has 2 saturated heterocycles. The second-order valence-corrected chi connectivity index (χ2v) is 7.65. The third-order valence-corrected chi connectivity index (χ3v) is 6.49. The molecular weight excluding hydrogens is 248 g/mol. The van der Waals surface area contributed by atoms with Crippen molar-refractivity contribution in [3.05, 3.63) is 0 Å². The maximum Gasteiger partial charge on any atom is 0.0263 e. The van der Waals surface area contributed by atoms with Crippen molar-refractivity contribution < 1.29 is 0 Å². The molecule has 0 aromatic carbocycles. The number of nitrogens with one attached hydrogen (secondary N) is 1. The first-order valence-corrected chi connectivity index (χ1v) is 9.24. The van der Waals surface area contributed by atoms with Gasteiger partial charge in [0.2, 0.25) is 0 Å². The Morgan fingerprint density at radius 1 is 1.24 bits per heavy atom. The molecule has 0 aliphatic carbocycles. The van der Waals surface area contributed by atoms with Crippen LogP contribution >= 0.6 is 23.5 Å². The Balaban J connectivity index is 1.57. The van der Waals surface area contributed by atoms with Crippen molar-refractivity contribution in [3.63, 3.8) is 0 Å². The third-order valence-electron chi connectivity index (χ3n) is 3.65. The van der Waals surface area contributed by atoms with E-state index >= 15 is 0 Å². The second kappa shape index (κ2) is 7.93. The van der Waals surface area contributed by atoms with E-state index in [0.717, 1.165) is 11.3 Å². The van der Waals surface area contributed by atoms with Gasteiger partial charge in [-0.3, -0.25) is 0 Å². The fraction of sp³-hybridized carbons (Fsp3) is 1.00. The van der Waals surface area contributed by atoms with E-state index in [4.69, 9.17) is 0 Å². The molecule has 4 heteroatoms. The first-order chi connectivity index (χ1) is 8.38. The first-order valence-electron chi connectivity index (χ1n) is 7.03. The number of hydrogen-bond donors (Lipinski definition) is 1. The van der Waals surface area contributed by atoms with Gasteiger partial charge in [0.05, 0.1) is 0 Å². The van der Waals surface area contributed by atoms with E-state index < -0.39 is 0 Å². The van der Waals surface area contributed by atoms with Crippen molar-refractivity contribution in [2.45, 2.75) is 37.5 Å². The molecule has 1 N–H and O–H groups in total. The van der Waals surface area contributed by atoms with Crippen molar-refractivity contribution in [2.24, 2.45) is 0 Å². The van der Waals surface area contributed by atoms with Crippen molar-refractivity contribution in [1.82, 2.24) is 10.2 Å². The summed E-state index contributed by atoms with van der Waals surface area (Å²) in [5, 5.41) is 4.66. The van der Waals surface area contributed by atoms with E-state index in [2.05, 4.69) is 40.7 Å². The van der Waals surface area contributed by atoms with Crippen molar-refractivity contribution in [2.75, 3.05) is 43.4 Å². The van der Waals surface area contributed by atoms with Crippen LogP contribution in [0.15, 0.2) is 0 Å². The zero-order valence-electron chi connectivity index (χ0n) is 11.0. The van der Waals surface area contributed by atoms with Gasteiger partial charge in [-0.1, -0.05) is 6.92 Å². The van der Waals surface area contributed by atoms with Crippen LogP contribution < -0.4 is 5.32 Å². The number of piperidine rings is 1. The molecule has 2 heterocycles. The summed E-state index contributed by atoms with van der Waals surface area (Å²) in [7, 11) is 0. The van der Waals surface area contributed by atoms with Gasteiger partial charge < -0.3 is 10.2 Å². The summed E-state index contributed by atoms with van der Waals surface area (Å²) in [5.74, 6) is 4.06. The Morgan fingerprint density at radius 2 is 2.06 bits per heavy atom. The van der Waals surface area contributed by atoms with E-state index in [9.17, 15) is 0 Å². The van der Waals surface area contributed by atoms with E-state index in [1.54, 1.807) is 0 Å². The van der Waals surface area contributed by atoms with Gasteiger partial charge in [0.25, 0.3) is 0 Å². The molecule has 0 saturated carbocycles. The summed E-state index contributed by atoms with van der Waals surface area (Å²) in [6, 6.07) is 0.788. The third kappa shape index (κ3) is 5.01. The zero-order valence-corrected chi connectivity index (χ0v) is 12.6. The summed E-state index contributed by atoms with van der Waals surface area (Å²) >= 11 is 4.29. The molecule has 2 nitrogen and oxygen atoms in total. The van der Waals surface area contributed by atoms with Crippen LogP contribution in [-0.4, -0.2) is 59.6 Å². The van der Waals surface area contributed by atoms with Crippen LogP contribution in [0.25, 0.3) is 0 Å². The minimum Gasteiger partial charge on any atom is -0.313 e. The highest BCUT2D eigenvalue weighted by molar-refractivity contribution is 8.06. The largest absolute Gasteiger partial charge is 0.313 e. The van der Waals surface area contributed by atoms with Gasteiger partial charge in [0.15, 0.2) is 0 Å².